The number of carboxylic acids is 2. The van der Waals surface area contributed by atoms with Crippen molar-refractivity contribution in [2.75, 3.05) is 0 Å². The maximum absolute atomic E-state index is 13.4. The van der Waals surface area contributed by atoms with Gasteiger partial charge in [-0.15, -0.1) is 0 Å². The lowest BCUT2D eigenvalue weighted by molar-refractivity contribution is -0.214. The van der Waals surface area contributed by atoms with Crippen LogP contribution in [0.25, 0.3) is 0 Å². The summed E-state index contributed by atoms with van der Waals surface area (Å²) in [6, 6.07) is 3.22. The first-order valence-electron chi connectivity index (χ1n) is 8.88. The van der Waals surface area contributed by atoms with Crippen LogP contribution in [0.5, 0.6) is 0 Å². The lowest BCUT2D eigenvalue weighted by Gasteiger charge is -2.26. The van der Waals surface area contributed by atoms with Gasteiger partial charge in [-0.25, -0.2) is 0 Å². The number of aliphatic carboxylic acids is 2. The van der Waals surface area contributed by atoms with Crippen molar-refractivity contribution in [3.8, 4) is 11.8 Å². The van der Waals surface area contributed by atoms with E-state index in [9.17, 15) is 45.5 Å². The SMILES string of the molecule is O=CNNC(=O)c1cc(C#Cc2ccc(C(C(=O)O)(C(=O)O)C(F)(F)F)nc2)cc(C(F)(F)F)c1. The molecule has 9 nitrogen and oxygen atoms in total. The molecule has 2 amide bonds. The Bertz CT molecular complexity index is 1220. The minimum absolute atomic E-state index is 0.0606. The second kappa shape index (κ2) is 9.71. The molecule has 0 radical (unpaired) electrons. The number of nitrogens with one attached hydrogen (secondary N) is 2. The van der Waals surface area contributed by atoms with Gasteiger partial charge in [0.25, 0.3) is 11.3 Å². The van der Waals surface area contributed by atoms with Gasteiger partial charge < -0.3 is 10.2 Å². The molecule has 4 N–H and O–H groups in total. The molecule has 0 bridgehead atoms. The summed E-state index contributed by atoms with van der Waals surface area (Å²) in [7, 11) is 0. The lowest BCUT2D eigenvalue weighted by atomic mass is 9.83. The zero-order chi connectivity index (χ0) is 26.6. The molecule has 184 valence electrons. The van der Waals surface area contributed by atoms with Crippen LogP contribution in [0.15, 0.2) is 36.5 Å². The Morgan fingerprint density at radius 3 is 1.97 bits per heavy atom. The van der Waals surface area contributed by atoms with Crippen molar-refractivity contribution in [1.29, 1.82) is 0 Å². The van der Waals surface area contributed by atoms with Crippen LogP contribution in [-0.4, -0.2) is 45.6 Å². The maximum atomic E-state index is 13.4. The fourth-order valence-electron chi connectivity index (χ4n) is 2.69. The average molecular weight is 503 g/mol. The summed E-state index contributed by atoms with van der Waals surface area (Å²) in [5, 5.41) is 18.0. The number of rotatable bonds is 6. The second-order valence-corrected chi connectivity index (χ2v) is 6.55. The molecule has 15 heteroatoms. The van der Waals surface area contributed by atoms with Crippen molar-refractivity contribution in [3.05, 3.63) is 64.5 Å². The molecular formula is C20H11F6N3O6. The highest BCUT2D eigenvalue weighted by Crippen LogP contribution is 2.41. The van der Waals surface area contributed by atoms with E-state index in [0.29, 0.717) is 24.4 Å². The van der Waals surface area contributed by atoms with Crippen LogP contribution in [0.4, 0.5) is 26.3 Å². The molecule has 0 unspecified atom stereocenters. The maximum Gasteiger partial charge on any atom is 0.421 e. The smallest absolute Gasteiger partial charge is 0.421 e. The van der Waals surface area contributed by atoms with Crippen molar-refractivity contribution in [2.45, 2.75) is 17.8 Å². The molecule has 1 aromatic carbocycles. The Hall–Kier alpha value is -4.61. The van der Waals surface area contributed by atoms with E-state index in [2.05, 4.69) is 16.8 Å². The van der Waals surface area contributed by atoms with Gasteiger partial charge in [0, 0.05) is 22.9 Å². The zero-order valence-electron chi connectivity index (χ0n) is 16.8. The first-order chi connectivity index (χ1) is 16.1. The van der Waals surface area contributed by atoms with E-state index in [-0.39, 0.29) is 17.5 Å². The van der Waals surface area contributed by atoms with Gasteiger partial charge in [0.15, 0.2) is 0 Å². The number of carboxylic acid groups (broad SMARTS) is 2. The topological polar surface area (TPSA) is 146 Å². The minimum atomic E-state index is -5.77. The van der Waals surface area contributed by atoms with Crippen molar-refractivity contribution >= 4 is 24.3 Å². The van der Waals surface area contributed by atoms with Gasteiger partial charge in [-0.2, -0.15) is 26.3 Å². The Morgan fingerprint density at radius 2 is 1.51 bits per heavy atom. The number of carbonyl (C=O) groups is 4. The first kappa shape index (κ1) is 26.6. The molecule has 2 rings (SSSR count). The predicted molar refractivity (Wildman–Crippen MR) is 101 cm³/mol. The lowest BCUT2D eigenvalue weighted by Crippen LogP contribution is -2.55. The first-order valence-corrected chi connectivity index (χ1v) is 8.88. The number of amides is 2. The highest BCUT2D eigenvalue weighted by molar-refractivity contribution is 6.05. The number of hydrazine groups is 1. The van der Waals surface area contributed by atoms with Gasteiger partial charge in [0.1, 0.15) is 0 Å². The van der Waals surface area contributed by atoms with Crippen LogP contribution < -0.4 is 10.9 Å². The van der Waals surface area contributed by atoms with E-state index in [0.717, 1.165) is 12.1 Å². The number of alkyl halides is 6. The fraction of sp³-hybridized carbons (Fsp3) is 0.150. The van der Waals surface area contributed by atoms with Crippen LogP contribution in [0.1, 0.15) is 32.7 Å². The van der Waals surface area contributed by atoms with E-state index in [4.69, 9.17) is 10.2 Å². The third kappa shape index (κ3) is 5.49. The number of nitrogens with zero attached hydrogens (tertiary/aromatic N) is 1. The van der Waals surface area contributed by atoms with E-state index >= 15 is 0 Å². The molecule has 0 spiro atoms. The summed E-state index contributed by atoms with van der Waals surface area (Å²) in [5.74, 6) is -2.07. The molecule has 2 aromatic rings. The molecule has 0 aliphatic rings. The molecule has 1 aromatic heterocycles. The van der Waals surface area contributed by atoms with Crippen LogP contribution in [0, 0.1) is 11.8 Å². The van der Waals surface area contributed by atoms with E-state index < -0.39 is 52.4 Å². The van der Waals surface area contributed by atoms with Crippen molar-refractivity contribution in [3.63, 3.8) is 0 Å². The third-order valence-electron chi connectivity index (χ3n) is 4.33. The monoisotopic (exact) mass is 503 g/mol. The summed E-state index contributed by atoms with van der Waals surface area (Å²) in [6.45, 7) is 0. The van der Waals surface area contributed by atoms with E-state index in [1.807, 2.05) is 5.43 Å². The molecule has 0 fully saturated rings. The molecule has 0 aliphatic heterocycles. The highest BCUT2D eigenvalue weighted by Gasteiger charge is 2.69. The molecule has 0 saturated heterocycles. The van der Waals surface area contributed by atoms with Gasteiger partial charge >= 0.3 is 24.3 Å². The van der Waals surface area contributed by atoms with Crippen molar-refractivity contribution in [2.24, 2.45) is 0 Å². The fourth-order valence-corrected chi connectivity index (χ4v) is 2.69. The van der Waals surface area contributed by atoms with Crippen LogP contribution in [0.2, 0.25) is 0 Å². The molecule has 35 heavy (non-hydrogen) atoms. The van der Waals surface area contributed by atoms with Crippen LogP contribution in [0.3, 0.4) is 0 Å². The third-order valence-corrected chi connectivity index (χ3v) is 4.33. The average Bonchev–Trinajstić information content (AvgIpc) is 2.75. The van der Waals surface area contributed by atoms with Crippen molar-refractivity contribution < 1.29 is 55.7 Å². The Labute approximate surface area is 190 Å². The summed E-state index contributed by atoms with van der Waals surface area (Å²) < 4.78 is 79.6. The highest BCUT2D eigenvalue weighted by atomic mass is 19.4. The van der Waals surface area contributed by atoms with Gasteiger partial charge in [-0.05, 0) is 30.3 Å². The molecule has 0 aliphatic carbocycles. The van der Waals surface area contributed by atoms with Crippen LogP contribution >= 0.6 is 0 Å². The number of benzene rings is 1. The number of carbonyl (C=O) groups excluding carboxylic acids is 2. The molecule has 0 saturated carbocycles. The second-order valence-electron chi connectivity index (χ2n) is 6.55. The molecule has 0 atom stereocenters. The number of halogens is 6. The zero-order valence-corrected chi connectivity index (χ0v) is 16.8. The number of aromatic nitrogens is 1. The van der Waals surface area contributed by atoms with Crippen LogP contribution in [-0.2, 0) is 26.0 Å². The standard InChI is InChI=1S/C20H11F6N3O6/c21-19(22,23)13-6-11(5-12(7-13)15(31)29-28-9-30)2-1-10-3-4-14(27-8-10)18(16(32)33,17(34)35)20(24,25)26/h3-9H,(H,28,30)(H,29,31)(H,32,33)(H,34,35). The largest absolute Gasteiger partial charge is 0.480 e. The Balaban J connectivity index is 2.51. The Morgan fingerprint density at radius 1 is 0.914 bits per heavy atom. The summed E-state index contributed by atoms with van der Waals surface area (Å²) in [5.41, 5.74) is -4.56. The number of hydrogen-bond donors (Lipinski definition) is 4. The van der Waals surface area contributed by atoms with Crippen molar-refractivity contribution in [1.82, 2.24) is 15.8 Å². The summed E-state index contributed by atoms with van der Waals surface area (Å²) in [4.78, 5) is 47.9. The van der Waals surface area contributed by atoms with E-state index in [1.54, 1.807) is 5.43 Å². The molecule has 1 heterocycles. The molecular weight excluding hydrogens is 492 g/mol. The summed E-state index contributed by atoms with van der Waals surface area (Å²) in [6.07, 6.45) is -9.99. The quantitative estimate of drug-likeness (QED) is 0.155. The van der Waals surface area contributed by atoms with Gasteiger partial charge in [-0.1, -0.05) is 11.8 Å². The van der Waals surface area contributed by atoms with E-state index in [1.165, 1.54) is 0 Å². The normalized spacial score (nSPS) is 11.6. The minimum Gasteiger partial charge on any atom is -0.480 e. The predicted octanol–water partition coefficient (Wildman–Crippen LogP) is 1.86. The summed E-state index contributed by atoms with van der Waals surface area (Å²) >= 11 is 0. The van der Waals surface area contributed by atoms with Gasteiger partial charge in [0.2, 0.25) is 6.41 Å². The number of pyridine rings is 1. The van der Waals surface area contributed by atoms with Gasteiger partial charge in [0.05, 0.1) is 11.3 Å². The number of hydrogen-bond acceptors (Lipinski definition) is 5. The van der Waals surface area contributed by atoms with Gasteiger partial charge in [-0.3, -0.25) is 35.0 Å². The Kier molecular flexibility index (Phi) is 7.39.